The van der Waals surface area contributed by atoms with E-state index in [0.717, 1.165) is 16.9 Å². The van der Waals surface area contributed by atoms with Crippen LogP contribution in [0.3, 0.4) is 0 Å². The number of anilines is 1. The van der Waals surface area contributed by atoms with Gasteiger partial charge < -0.3 is 0 Å². The number of benzene rings is 1. The van der Waals surface area contributed by atoms with Gasteiger partial charge in [-0.05, 0) is 42.8 Å². The quantitative estimate of drug-likeness (QED) is 0.725. The second kappa shape index (κ2) is 6.39. The summed E-state index contributed by atoms with van der Waals surface area (Å²) in [5.74, 6) is 0. The zero-order valence-corrected chi connectivity index (χ0v) is 14.8. The van der Waals surface area contributed by atoms with Crippen molar-refractivity contribution in [2.75, 3.05) is 4.72 Å². The molecule has 1 aromatic carbocycles. The molecule has 0 aliphatic heterocycles. The number of aromatic nitrogens is 2. The van der Waals surface area contributed by atoms with E-state index in [2.05, 4.69) is 14.9 Å². The van der Waals surface area contributed by atoms with Crippen LogP contribution in [0.5, 0.6) is 0 Å². The maximum Gasteiger partial charge on any atom is 0.271 e. The number of hydrogen-bond acceptors (Lipinski definition) is 5. The first-order valence-electron chi connectivity index (χ1n) is 6.80. The van der Waals surface area contributed by atoms with Crippen molar-refractivity contribution in [2.24, 2.45) is 0 Å². The van der Waals surface area contributed by atoms with Crippen molar-refractivity contribution in [1.82, 2.24) is 10.2 Å². The maximum atomic E-state index is 12.5. The predicted octanol–water partition coefficient (Wildman–Crippen LogP) is 3.26. The van der Waals surface area contributed by atoms with Gasteiger partial charge in [0.1, 0.15) is 9.90 Å². The SMILES string of the molecule is Cc1ccc(NS(=O)(=O)c2ccc(-c3ccc(=O)[nH]n3)s2)c(Cl)c1. The number of hydrogen-bond donors (Lipinski definition) is 2. The van der Waals surface area contributed by atoms with Crippen LogP contribution >= 0.6 is 22.9 Å². The average Bonchev–Trinajstić information content (AvgIpc) is 3.02. The smallest absolute Gasteiger partial charge is 0.271 e. The first-order valence-corrected chi connectivity index (χ1v) is 9.48. The Morgan fingerprint density at radius 3 is 2.62 bits per heavy atom. The van der Waals surface area contributed by atoms with Gasteiger partial charge in [-0.3, -0.25) is 9.52 Å². The van der Waals surface area contributed by atoms with Gasteiger partial charge in [0.2, 0.25) is 0 Å². The second-order valence-corrected chi connectivity index (χ2v) is 8.41. The molecule has 3 aromatic rings. The largest absolute Gasteiger partial charge is 0.277 e. The maximum absolute atomic E-state index is 12.5. The number of halogens is 1. The Bertz CT molecular complexity index is 1040. The highest BCUT2D eigenvalue weighted by Gasteiger charge is 2.19. The van der Waals surface area contributed by atoms with E-state index in [-0.39, 0.29) is 9.77 Å². The second-order valence-electron chi connectivity index (χ2n) is 5.01. The van der Waals surface area contributed by atoms with E-state index in [4.69, 9.17) is 11.6 Å². The molecule has 0 saturated carbocycles. The summed E-state index contributed by atoms with van der Waals surface area (Å²) in [5, 5.41) is 6.54. The molecule has 3 rings (SSSR count). The van der Waals surface area contributed by atoms with Gasteiger partial charge in [0, 0.05) is 6.07 Å². The minimum atomic E-state index is -3.76. The molecule has 24 heavy (non-hydrogen) atoms. The van der Waals surface area contributed by atoms with E-state index >= 15 is 0 Å². The number of thiophene rings is 1. The Balaban J connectivity index is 1.90. The Morgan fingerprint density at radius 1 is 1.17 bits per heavy atom. The highest BCUT2D eigenvalue weighted by molar-refractivity contribution is 7.94. The third kappa shape index (κ3) is 3.50. The molecular formula is C15H12ClN3O3S2. The fourth-order valence-corrected chi connectivity index (χ4v) is 4.68. The van der Waals surface area contributed by atoms with Crippen LogP contribution in [0.15, 0.2) is 51.5 Å². The van der Waals surface area contributed by atoms with Crippen LogP contribution in [-0.4, -0.2) is 18.6 Å². The van der Waals surface area contributed by atoms with Crippen molar-refractivity contribution < 1.29 is 8.42 Å². The van der Waals surface area contributed by atoms with Crippen molar-refractivity contribution in [1.29, 1.82) is 0 Å². The Labute approximate surface area is 147 Å². The summed E-state index contributed by atoms with van der Waals surface area (Å²) < 4.78 is 27.6. The van der Waals surface area contributed by atoms with E-state index < -0.39 is 10.0 Å². The zero-order chi connectivity index (χ0) is 17.3. The number of rotatable bonds is 4. The summed E-state index contributed by atoms with van der Waals surface area (Å²) >= 11 is 7.12. The summed E-state index contributed by atoms with van der Waals surface area (Å²) in [6.07, 6.45) is 0. The first-order chi connectivity index (χ1) is 11.3. The summed E-state index contributed by atoms with van der Waals surface area (Å²) in [7, 11) is -3.76. The molecule has 0 bridgehead atoms. The molecule has 2 N–H and O–H groups in total. The third-order valence-corrected chi connectivity index (χ3v) is 6.42. The standard InChI is InChI=1S/C15H12ClN3O3S2/c1-9-2-3-11(10(16)8-9)19-24(21,22)15-7-5-13(23-15)12-4-6-14(20)18-17-12/h2-8,19H,1H3,(H,18,20). The number of sulfonamides is 1. The van der Waals surface area contributed by atoms with Crippen LogP contribution in [0.1, 0.15) is 5.56 Å². The van der Waals surface area contributed by atoms with Crippen LogP contribution in [-0.2, 0) is 10.0 Å². The minimum absolute atomic E-state index is 0.127. The van der Waals surface area contributed by atoms with Gasteiger partial charge in [-0.25, -0.2) is 13.5 Å². The number of nitrogens with one attached hydrogen (secondary N) is 2. The fraction of sp³-hybridized carbons (Fsp3) is 0.0667. The number of aromatic amines is 1. The zero-order valence-electron chi connectivity index (χ0n) is 12.4. The molecule has 124 valence electrons. The number of nitrogens with zero attached hydrogens (tertiary/aromatic N) is 1. The van der Waals surface area contributed by atoms with Gasteiger partial charge in [-0.15, -0.1) is 11.3 Å². The van der Waals surface area contributed by atoms with Crippen molar-refractivity contribution >= 4 is 38.6 Å². The van der Waals surface area contributed by atoms with Crippen LogP contribution < -0.4 is 10.3 Å². The molecule has 0 aliphatic carbocycles. The van der Waals surface area contributed by atoms with Crippen molar-refractivity contribution in [3.05, 3.63) is 63.4 Å². The molecule has 9 heteroatoms. The average molecular weight is 382 g/mol. The Kier molecular flexibility index (Phi) is 4.44. The monoisotopic (exact) mass is 381 g/mol. The first kappa shape index (κ1) is 16.7. The van der Waals surface area contributed by atoms with Gasteiger partial charge in [0.05, 0.1) is 15.6 Å². The van der Waals surface area contributed by atoms with Crippen molar-refractivity contribution in [3.63, 3.8) is 0 Å². The molecular weight excluding hydrogens is 370 g/mol. The van der Waals surface area contributed by atoms with Gasteiger partial charge in [-0.2, -0.15) is 5.10 Å². The van der Waals surface area contributed by atoms with Crippen molar-refractivity contribution in [3.8, 4) is 10.6 Å². The number of H-pyrrole nitrogens is 1. The molecule has 0 radical (unpaired) electrons. The molecule has 6 nitrogen and oxygen atoms in total. The topological polar surface area (TPSA) is 91.9 Å². The van der Waals surface area contributed by atoms with E-state index in [1.54, 1.807) is 24.3 Å². The summed E-state index contributed by atoms with van der Waals surface area (Å²) in [4.78, 5) is 11.7. The van der Waals surface area contributed by atoms with Gasteiger partial charge in [-0.1, -0.05) is 17.7 Å². The molecule has 2 aromatic heterocycles. The van der Waals surface area contributed by atoms with Crippen molar-refractivity contribution in [2.45, 2.75) is 11.1 Å². The van der Waals surface area contributed by atoms with E-state index in [1.807, 2.05) is 6.92 Å². The molecule has 0 aliphatic rings. The molecule has 0 spiro atoms. The fourth-order valence-electron chi connectivity index (χ4n) is 1.98. The normalized spacial score (nSPS) is 11.4. The van der Waals surface area contributed by atoms with E-state index in [0.29, 0.717) is 21.3 Å². The van der Waals surface area contributed by atoms with Crippen LogP contribution in [0, 0.1) is 6.92 Å². The molecule has 0 fully saturated rings. The minimum Gasteiger partial charge on any atom is -0.277 e. The summed E-state index contributed by atoms with van der Waals surface area (Å²) in [6.45, 7) is 1.87. The molecule has 0 atom stereocenters. The number of aryl methyl sites for hydroxylation is 1. The van der Waals surface area contributed by atoms with Gasteiger partial charge in [0.25, 0.3) is 15.6 Å². The molecule has 2 heterocycles. The highest BCUT2D eigenvalue weighted by Crippen LogP contribution is 2.31. The molecule has 0 saturated heterocycles. The third-order valence-electron chi connectivity index (χ3n) is 3.15. The molecule has 0 amide bonds. The predicted molar refractivity (Wildman–Crippen MR) is 95.2 cm³/mol. The van der Waals surface area contributed by atoms with Gasteiger partial charge >= 0.3 is 0 Å². The van der Waals surface area contributed by atoms with Crippen LogP contribution in [0.25, 0.3) is 10.6 Å². The van der Waals surface area contributed by atoms with E-state index in [9.17, 15) is 13.2 Å². The molecule has 0 unspecified atom stereocenters. The van der Waals surface area contributed by atoms with Gasteiger partial charge in [0.15, 0.2) is 0 Å². The van der Waals surface area contributed by atoms with E-state index in [1.165, 1.54) is 18.2 Å². The lowest BCUT2D eigenvalue weighted by molar-refractivity contribution is 0.603. The van der Waals surface area contributed by atoms with Crippen LogP contribution in [0.4, 0.5) is 5.69 Å². The Hall–Kier alpha value is -2.16. The summed E-state index contributed by atoms with van der Waals surface area (Å²) in [6, 6.07) is 11.1. The highest BCUT2D eigenvalue weighted by atomic mass is 35.5. The van der Waals surface area contributed by atoms with Crippen LogP contribution in [0.2, 0.25) is 5.02 Å². The lowest BCUT2D eigenvalue weighted by Crippen LogP contribution is -2.11. The lowest BCUT2D eigenvalue weighted by atomic mass is 10.2. The Morgan fingerprint density at radius 2 is 1.96 bits per heavy atom. The lowest BCUT2D eigenvalue weighted by Gasteiger charge is -2.08. The summed E-state index contributed by atoms with van der Waals surface area (Å²) in [5.41, 5.74) is 1.43.